The molecule has 2 unspecified atom stereocenters. The van der Waals surface area contributed by atoms with Crippen LogP contribution in [0.5, 0.6) is 0 Å². The van der Waals surface area contributed by atoms with Crippen LogP contribution in [0.25, 0.3) is 49.7 Å². The molecule has 2 heterocycles. The Labute approximate surface area is 250 Å². The molecule has 1 aliphatic heterocycles. The fourth-order valence-electron chi connectivity index (χ4n) is 7.14. The Kier molecular flexibility index (Phi) is 5.32. The molecule has 1 aliphatic carbocycles. The standard InChI is InChI=1S/C40H27N3/c1-4-16-29(35-25-41-39-33-20-5-2-13-26(33)27-14-3-6-21-34(27)40(39)42-35)28(15-1)30-17-7-10-22-36(30)43-37-23-11-8-18-31(37)32-19-9-12-24-38(32)43/h1-25,39-40H. The molecule has 0 amide bonds. The molecule has 0 N–H and O–H groups in total. The zero-order chi connectivity index (χ0) is 28.3. The number of hydrogen-bond acceptors (Lipinski definition) is 2. The van der Waals surface area contributed by atoms with Crippen LogP contribution in [0.1, 0.15) is 28.8 Å². The lowest BCUT2D eigenvalue weighted by Gasteiger charge is -2.33. The Morgan fingerprint density at radius 3 is 1.58 bits per heavy atom. The van der Waals surface area contributed by atoms with Crippen LogP contribution in [0.4, 0.5) is 0 Å². The maximum absolute atomic E-state index is 5.45. The Bertz CT molecular complexity index is 2210. The van der Waals surface area contributed by atoms with E-state index < -0.39 is 0 Å². The van der Waals surface area contributed by atoms with Crippen LogP contribution in [0.3, 0.4) is 0 Å². The van der Waals surface area contributed by atoms with E-state index in [4.69, 9.17) is 9.98 Å². The Morgan fingerprint density at radius 1 is 0.419 bits per heavy atom. The highest BCUT2D eigenvalue weighted by molar-refractivity contribution is 6.40. The molecule has 0 fully saturated rings. The minimum Gasteiger partial charge on any atom is -0.309 e. The predicted molar refractivity (Wildman–Crippen MR) is 179 cm³/mol. The smallest absolute Gasteiger partial charge is 0.103 e. The van der Waals surface area contributed by atoms with Crippen molar-refractivity contribution in [1.82, 2.24) is 4.57 Å². The number of benzene rings is 6. The number of aromatic nitrogens is 1. The van der Waals surface area contributed by atoms with Crippen LogP contribution >= 0.6 is 0 Å². The van der Waals surface area contributed by atoms with Gasteiger partial charge in [-0.3, -0.25) is 9.98 Å². The molecule has 9 rings (SSSR count). The molecule has 3 nitrogen and oxygen atoms in total. The maximum Gasteiger partial charge on any atom is 0.103 e. The summed E-state index contributed by atoms with van der Waals surface area (Å²) in [5.41, 5.74) is 12.9. The van der Waals surface area contributed by atoms with Crippen molar-refractivity contribution >= 4 is 33.7 Å². The highest BCUT2D eigenvalue weighted by Crippen LogP contribution is 2.49. The van der Waals surface area contributed by atoms with Crippen molar-refractivity contribution in [1.29, 1.82) is 0 Å². The van der Waals surface area contributed by atoms with E-state index in [1.807, 2.05) is 6.21 Å². The van der Waals surface area contributed by atoms with Gasteiger partial charge in [-0.2, -0.15) is 0 Å². The first-order chi connectivity index (χ1) is 21.4. The van der Waals surface area contributed by atoms with E-state index in [-0.39, 0.29) is 12.1 Å². The van der Waals surface area contributed by atoms with Gasteiger partial charge in [-0.1, -0.05) is 127 Å². The van der Waals surface area contributed by atoms with Gasteiger partial charge in [0.15, 0.2) is 0 Å². The normalized spacial score (nSPS) is 16.9. The predicted octanol–water partition coefficient (Wildman–Crippen LogP) is 9.79. The third kappa shape index (κ3) is 3.61. The van der Waals surface area contributed by atoms with E-state index in [9.17, 15) is 0 Å². The highest BCUT2D eigenvalue weighted by Gasteiger charge is 2.35. The molecule has 0 saturated heterocycles. The quantitative estimate of drug-likeness (QED) is 0.210. The molecule has 7 aromatic rings. The third-order valence-corrected chi connectivity index (χ3v) is 9.00. The lowest BCUT2D eigenvalue weighted by Crippen LogP contribution is -2.22. The summed E-state index contributed by atoms with van der Waals surface area (Å²) in [6.07, 6.45) is 1.99. The SMILES string of the molecule is C1=NC2c3ccccc3-c3ccccc3C2N=C1c1ccccc1-c1ccccc1-n1c2ccccc2c2ccccc21. The summed E-state index contributed by atoms with van der Waals surface area (Å²) < 4.78 is 2.40. The molecular weight excluding hydrogens is 522 g/mol. The van der Waals surface area contributed by atoms with E-state index >= 15 is 0 Å². The van der Waals surface area contributed by atoms with Gasteiger partial charge in [0, 0.05) is 28.1 Å². The molecule has 0 spiro atoms. The highest BCUT2D eigenvalue weighted by atomic mass is 15.0. The fraction of sp³-hybridized carbons (Fsp3) is 0.0500. The molecule has 1 aromatic heterocycles. The Morgan fingerprint density at radius 2 is 0.907 bits per heavy atom. The summed E-state index contributed by atoms with van der Waals surface area (Å²) in [4.78, 5) is 10.6. The lowest BCUT2D eigenvalue weighted by atomic mass is 9.79. The molecule has 6 aromatic carbocycles. The second-order valence-electron chi connectivity index (χ2n) is 11.3. The zero-order valence-electron chi connectivity index (χ0n) is 23.4. The molecule has 2 atom stereocenters. The van der Waals surface area contributed by atoms with E-state index in [0.29, 0.717) is 0 Å². The number of fused-ring (bicyclic) bond motifs is 9. The number of nitrogens with zero attached hydrogens (tertiary/aromatic N) is 3. The van der Waals surface area contributed by atoms with E-state index in [0.717, 1.165) is 28.1 Å². The first-order valence-electron chi connectivity index (χ1n) is 14.8. The van der Waals surface area contributed by atoms with E-state index in [1.165, 1.54) is 44.1 Å². The fourth-order valence-corrected chi connectivity index (χ4v) is 7.14. The van der Waals surface area contributed by atoms with Crippen LogP contribution in [0.15, 0.2) is 156 Å². The van der Waals surface area contributed by atoms with Gasteiger partial charge in [-0.15, -0.1) is 0 Å². The third-order valence-electron chi connectivity index (χ3n) is 9.00. The summed E-state index contributed by atoms with van der Waals surface area (Å²) in [5.74, 6) is 0. The lowest BCUT2D eigenvalue weighted by molar-refractivity contribution is 0.570. The zero-order valence-corrected chi connectivity index (χ0v) is 23.4. The average molecular weight is 550 g/mol. The van der Waals surface area contributed by atoms with Gasteiger partial charge >= 0.3 is 0 Å². The van der Waals surface area contributed by atoms with E-state index in [2.05, 4.69) is 150 Å². The number of rotatable bonds is 3. The molecule has 2 aliphatic rings. The number of para-hydroxylation sites is 3. The minimum absolute atomic E-state index is 0.0214. The summed E-state index contributed by atoms with van der Waals surface area (Å²) >= 11 is 0. The van der Waals surface area contributed by atoms with Gasteiger partial charge in [0.05, 0.1) is 22.4 Å². The number of hydrogen-bond donors (Lipinski definition) is 0. The average Bonchev–Trinajstić information content (AvgIpc) is 3.42. The minimum atomic E-state index is -0.0632. The van der Waals surface area contributed by atoms with Crippen molar-refractivity contribution in [2.24, 2.45) is 9.98 Å². The summed E-state index contributed by atoms with van der Waals surface area (Å²) in [5, 5.41) is 2.51. The van der Waals surface area contributed by atoms with E-state index in [1.54, 1.807) is 0 Å². The molecular formula is C40H27N3. The molecule has 0 saturated carbocycles. The molecule has 202 valence electrons. The largest absolute Gasteiger partial charge is 0.309 e. The maximum atomic E-state index is 5.45. The van der Waals surface area contributed by atoms with Gasteiger partial charge in [0.2, 0.25) is 0 Å². The van der Waals surface area contributed by atoms with Crippen molar-refractivity contribution < 1.29 is 0 Å². The van der Waals surface area contributed by atoms with Gasteiger partial charge in [0.1, 0.15) is 12.1 Å². The molecule has 43 heavy (non-hydrogen) atoms. The van der Waals surface area contributed by atoms with Gasteiger partial charge in [0.25, 0.3) is 0 Å². The summed E-state index contributed by atoms with van der Waals surface area (Å²) in [7, 11) is 0. The van der Waals surface area contributed by atoms with Crippen molar-refractivity contribution in [2.45, 2.75) is 12.1 Å². The van der Waals surface area contributed by atoms with Crippen LogP contribution in [-0.2, 0) is 0 Å². The first-order valence-corrected chi connectivity index (χ1v) is 14.8. The Balaban J connectivity index is 1.23. The molecule has 0 bridgehead atoms. The van der Waals surface area contributed by atoms with Crippen molar-refractivity contribution in [3.05, 3.63) is 162 Å². The summed E-state index contributed by atoms with van der Waals surface area (Å²) in [6.45, 7) is 0. The summed E-state index contributed by atoms with van der Waals surface area (Å²) in [6, 6.07) is 51.9. The molecule has 3 heteroatoms. The van der Waals surface area contributed by atoms with Crippen LogP contribution in [0, 0.1) is 0 Å². The van der Waals surface area contributed by atoms with Gasteiger partial charge in [-0.05, 0) is 46.0 Å². The molecule has 0 radical (unpaired) electrons. The van der Waals surface area contributed by atoms with Gasteiger partial charge < -0.3 is 4.57 Å². The second-order valence-corrected chi connectivity index (χ2v) is 11.3. The van der Waals surface area contributed by atoms with Crippen molar-refractivity contribution in [3.63, 3.8) is 0 Å². The topological polar surface area (TPSA) is 29.6 Å². The van der Waals surface area contributed by atoms with Crippen LogP contribution < -0.4 is 0 Å². The second kappa shape index (κ2) is 9.50. The Hall–Kier alpha value is -5.54. The monoisotopic (exact) mass is 549 g/mol. The number of aliphatic imine (C=N–C) groups is 2. The van der Waals surface area contributed by atoms with Gasteiger partial charge in [-0.25, -0.2) is 0 Å². The first kappa shape index (κ1) is 24.1. The van der Waals surface area contributed by atoms with Crippen molar-refractivity contribution in [3.8, 4) is 27.9 Å². The van der Waals surface area contributed by atoms with Crippen LogP contribution in [0.2, 0.25) is 0 Å². The van der Waals surface area contributed by atoms with Crippen LogP contribution in [-0.4, -0.2) is 16.5 Å². The van der Waals surface area contributed by atoms with Crippen molar-refractivity contribution in [2.75, 3.05) is 0 Å².